The number of furan rings is 1. The molecule has 17 heavy (non-hydrogen) atoms. The van der Waals surface area contributed by atoms with Gasteiger partial charge in [-0.15, -0.1) is 0 Å². The molecule has 0 amide bonds. The van der Waals surface area contributed by atoms with E-state index in [-0.39, 0.29) is 5.76 Å². The fraction of sp³-hybridized carbons (Fsp3) is 0.333. The molecule has 0 aromatic carbocycles. The van der Waals surface area contributed by atoms with E-state index in [2.05, 4.69) is 4.98 Å². The van der Waals surface area contributed by atoms with Gasteiger partial charge in [-0.3, -0.25) is 0 Å². The van der Waals surface area contributed by atoms with E-state index in [1.54, 1.807) is 6.92 Å². The van der Waals surface area contributed by atoms with Gasteiger partial charge in [0, 0.05) is 5.56 Å². The van der Waals surface area contributed by atoms with Crippen molar-refractivity contribution in [2.75, 3.05) is 6.61 Å². The van der Waals surface area contributed by atoms with E-state index < -0.39 is 5.97 Å². The molecule has 0 aliphatic rings. The summed E-state index contributed by atoms with van der Waals surface area (Å²) in [4.78, 5) is 15.7. The van der Waals surface area contributed by atoms with Crippen molar-refractivity contribution in [3.63, 3.8) is 0 Å². The van der Waals surface area contributed by atoms with Crippen LogP contribution in [0.1, 0.15) is 29.0 Å². The smallest absolute Gasteiger partial charge is 0.376 e. The van der Waals surface area contributed by atoms with Crippen LogP contribution in [0.25, 0.3) is 11.3 Å². The normalized spacial score (nSPS) is 10.5. The predicted octanol–water partition coefficient (Wildman–Crippen LogP) is 2.73. The summed E-state index contributed by atoms with van der Waals surface area (Å²) in [6.07, 6.45) is 1.23. The number of aromatic nitrogens is 1. The number of nitrogens with zero attached hydrogens (tertiary/aromatic N) is 1. The number of hydrogen-bond acceptors (Lipinski definition) is 5. The molecule has 0 fully saturated rings. The van der Waals surface area contributed by atoms with E-state index in [4.69, 9.17) is 13.6 Å². The summed E-state index contributed by atoms with van der Waals surface area (Å²) in [7, 11) is 0. The molecule has 2 heterocycles. The van der Waals surface area contributed by atoms with Crippen molar-refractivity contribution < 1.29 is 18.4 Å². The van der Waals surface area contributed by atoms with Crippen LogP contribution in [0, 0.1) is 13.8 Å². The van der Waals surface area contributed by atoms with Crippen LogP contribution in [0.2, 0.25) is 0 Å². The number of aryl methyl sites for hydroxylation is 2. The Hall–Kier alpha value is -2.04. The third-order valence-electron chi connectivity index (χ3n) is 2.32. The molecule has 0 atom stereocenters. The number of esters is 1. The van der Waals surface area contributed by atoms with Crippen molar-refractivity contribution in [1.82, 2.24) is 4.98 Å². The molecule has 0 radical (unpaired) electrons. The standard InChI is InChI=1S/C12H13NO4/c1-4-15-12(14)11-10(13-6-16-11)9-5-7(2)17-8(9)3/h5-6H,4H2,1-3H3. The van der Waals surface area contributed by atoms with Gasteiger partial charge in [-0.05, 0) is 26.8 Å². The van der Waals surface area contributed by atoms with Gasteiger partial charge in [-0.25, -0.2) is 9.78 Å². The van der Waals surface area contributed by atoms with Crippen LogP contribution in [0.4, 0.5) is 0 Å². The lowest BCUT2D eigenvalue weighted by Crippen LogP contribution is -2.04. The number of ether oxygens (including phenoxy) is 1. The fourth-order valence-corrected chi connectivity index (χ4v) is 1.65. The molecule has 0 unspecified atom stereocenters. The van der Waals surface area contributed by atoms with Crippen LogP contribution in [-0.2, 0) is 4.74 Å². The summed E-state index contributed by atoms with van der Waals surface area (Å²) >= 11 is 0. The van der Waals surface area contributed by atoms with Crippen molar-refractivity contribution >= 4 is 5.97 Å². The molecule has 0 saturated heterocycles. The highest BCUT2D eigenvalue weighted by atomic mass is 16.5. The Morgan fingerprint density at radius 3 is 2.82 bits per heavy atom. The summed E-state index contributed by atoms with van der Waals surface area (Å²) in [6, 6.07) is 1.82. The maximum Gasteiger partial charge on any atom is 0.376 e. The lowest BCUT2D eigenvalue weighted by Gasteiger charge is -1.99. The molecule has 90 valence electrons. The highest BCUT2D eigenvalue weighted by Crippen LogP contribution is 2.28. The van der Waals surface area contributed by atoms with Gasteiger partial charge in [0.25, 0.3) is 0 Å². The quantitative estimate of drug-likeness (QED) is 0.765. The summed E-state index contributed by atoms with van der Waals surface area (Å²) in [6.45, 7) is 5.68. The van der Waals surface area contributed by atoms with Crippen LogP contribution in [0.15, 0.2) is 21.3 Å². The van der Waals surface area contributed by atoms with Crippen molar-refractivity contribution in [1.29, 1.82) is 0 Å². The van der Waals surface area contributed by atoms with Crippen LogP contribution in [-0.4, -0.2) is 17.6 Å². The molecular weight excluding hydrogens is 222 g/mol. The second-order valence-electron chi connectivity index (χ2n) is 3.58. The van der Waals surface area contributed by atoms with Gasteiger partial charge < -0.3 is 13.6 Å². The van der Waals surface area contributed by atoms with Crippen molar-refractivity contribution in [2.45, 2.75) is 20.8 Å². The Morgan fingerprint density at radius 2 is 2.24 bits per heavy atom. The largest absolute Gasteiger partial charge is 0.466 e. The maximum absolute atomic E-state index is 11.6. The third-order valence-corrected chi connectivity index (χ3v) is 2.32. The maximum atomic E-state index is 11.6. The van der Waals surface area contributed by atoms with Gasteiger partial charge in [-0.2, -0.15) is 0 Å². The molecule has 0 bridgehead atoms. The van der Waals surface area contributed by atoms with E-state index in [1.165, 1.54) is 6.39 Å². The van der Waals surface area contributed by atoms with Crippen LogP contribution in [0.5, 0.6) is 0 Å². The van der Waals surface area contributed by atoms with Gasteiger partial charge >= 0.3 is 5.97 Å². The Labute approximate surface area is 98.4 Å². The van der Waals surface area contributed by atoms with Crippen molar-refractivity contribution in [3.05, 3.63) is 29.7 Å². The summed E-state index contributed by atoms with van der Waals surface area (Å²) < 4.78 is 15.4. The Morgan fingerprint density at radius 1 is 1.47 bits per heavy atom. The average molecular weight is 235 g/mol. The first-order valence-electron chi connectivity index (χ1n) is 5.31. The topological polar surface area (TPSA) is 65.5 Å². The predicted molar refractivity (Wildman–Crippen MR) is 59.6 cm³/mol. The zero-order valence-electron chi connectivity index (χ0n) is 9.94. The summed E-state index contributed by atoms with van der Waals surface area (Å²) in [5.74, 6) is 1.05. The molecule has 5 heteroatoms. The van der Waals surface area contributed by atoms with Crippen LogP contribution >= 0.6 is 0 Å². The van der Waals surface area contributed by atoms with E-state index in [1.807, 2.05) is 19.9 Å². The minimum atomic E-state index is -0.516. The molecular formula is C12H13NO4. The van der Waals surface area contributed by atoms with Gasteiger partial charge in [0.1, 0.15) is 17.2 Å². The Balaban J connectivity index is 2.43. The van der Waals surface area contributed by atoms with Crippen molar-refractivity contribution in [2.24, 2.45) is 0 Å². The van der Waals surface area contributed by atoms with Crippen LogP contribution in [0.3, 0.4) is 0 Å². The van der Waals surface area contributed by atoms with E-state index in [0.29, 0.717) is 18.1 Å². The molecule has 0 aliphatic heterocycles. The first-order chi connectivity index (χ1) is 8.13. The molecule has 2 aromatic heterocycles. The first kappa shape index (κ1) is 11.4. The first-order valence-corrected chi connectivity index (χ1v) is 5.31. The van der Waals surface area contributed by atoms with Gasteiger partial charge in [0.15, 0.2) is 6.39 Å². The minimum Gasteiger partial charge on any atom is -0.466 e. The molecule has 2 aromatic rings. The van der Waals surface area contributed by atoms with Gasteiger partial charge in [-0.1, -0.05) is 0 Å². The summed E-state index contributed by atoms with van der Waals surface area (Å²) in [5, 5.41) is 0. The zero-order valence-corrected chi connectivity index (χ0v) is 9.94. The van der Waals surface area contributed by atoms with E-state index in [9.17, 15) is 4.79 Å². The Kier molecular flexibility index (Phi) is 2.99. The molecule has 5 nitrogen and oxygen atoms in total. The third kappa shape index (κ3) is 2.08. The SMILES string of the molecule is CCOC(=O)c1ocnc1-c1cc(C)oc1C. The number of hydrogen-bond donors (Lipinski definition) is 0. The molecule has 0 spiro atoms. The highest BCUT2D eigenvalue weighted by Gasteiger charge is 2.22. The lowest BCUT2D eigenvalue weighted by atomic mass is 10.1. The zero-order chi connectivity index (χ0) is 12.4. The number of oxazole rings is 1. The minimum absolute atomic E-state index is 0.107. The van der Waals surface area contributed by atoms with Crippen LogP contribution < -0.4 is 0 Å². The number of carbonyl (C=O) groups is 1. The molecule has 0 saturated carbocycles. The second kappa shape index (κ2) is 4.45. The average Bonchev–Trinajstić information content (AvgIpc) is 2.84. The number of rotatable bonds is 3. The fourth-order valence-electron chi connectivity index (χ4n) is 1.65. The highest BCUT2D eigenvalue weighted by molar-refractivity contribution is 5.93. The van der Waals surface area contributed by atoms with E-state index in [0.717, 1.165) is 11.3 Å². The van der Waals surface area contributed by atoms with Crippen molar-refractivity contribution in [3.8, 4) is 11.3 Å². The lowest BCUT2D eigenvalue weighted by molar-refractivity contribution is 0.0491. The number of carbonyl (C=O) groups excluding carboxylic acids is 1. The summed E-state index contributed by atoms with van der Waals surface area (Å²) in [5.41, 5.74) is 1.21. The monoisotopic (exact) mass is 235 g/mol. The Bertz CT molecular complexity index is 538. The van der Waals surface area contributed by atoms with Gasteiger partial charge in [0.05, 0.1) is 6.61 Å². The molecule has 0 aliphatic carbocycles. The van der Waals surface area contributed by atoms with E-state index >= 15 is 0 Å². The second-order valence-corrected chi connectivity index (χ2v) is 3.58. The molecule has 2 rings (SSSR count). The van der Waals surface area contributed by atoms with Gasteiger partial charge in [0.2, 0.25) is 5.76 Å². The molecule has 0 N–H and O–H groups in total.